The number of aryl methyl sites for hydroxylation is 1. The highest BCUT2D eigenvalue weighted by atomic mass is 32.2. The quantitative estimate of drug-likeness (QED) is 0.513. The molecule has 8 nitrogen and oxygen atoms in total. The normalized spacial score (nSPS) is 17.3. The number of nitrogens with zero attached hydrogens (tertiary/aromatic N) is 4. The van der Waals surface area contributed by atoms with Crippen molar-refractivity contribution >= 4 is 34.9 Å². The van der Waals surface area contributed by atoms with Crippen molar-refractivity contribution in [1.82, 2.24) is 9.97 Å². The minimum atomic E-state index is -0.473. The Labute approximate surface area is 142 Å². The van der Waals surface area contributed by atoms with Crippen LogP contribution in [-0.4, -0.2) is 32.6 Å². The highest BCUT2D eigenvalue weighted by Crippen LogP contribution is 2.33. The van der Waals surface area contributed by atoms with E-state index in [0.29, 0.717) is 29.6 Å². The van der Waals surface area contributed by atoms with Crippen LogP contribution in [0.2, 0.25) is 0 Å². The second-order valence-electron chi connectivity index (χ2n) is 5.38. The van der Waals surface area contributed by atoms with E-state index in [1.54, 1.807) is 23.1 Å². The second kappa shape index (κ2) is 6.44. The molecule has 1 atom stereocenters. The number of nitro benzene ring substituents is 1. The largest absolute Gasteiger partial charge is 0.384 e. The summed E-state index contributed by atoms with van der Waals surface area (Å²) in [5, 5.41) is 11.0. The van der Waals surface area contributed by atoms with Crippen LogP contribution in [0.25, 0.3) is 0 Å². The first-order valence-corrected chi connectivity index (χ1v) is 8.15. The Balaban J connectivity index is 1.77. The number of carbonyl (C=O) groups excluding carboxylic acids is 1. The summed E-state index contributed by atoms with van der Waals surface area (Å²) < 4.78 is 0. The van der Waals surface area contributed by atoms with Crippen LogP contribution in [-0.2, 0) is 4.79 Å². The Kier molecular flexibility index (Phi) is 4.34. The lowest BCUT2D eigenvalue weighted by Crippen LogP contribution is -2.28. The van der Waals surface area contributed by atoms with Gasteiger partial charge in [0.05, 0.1) is 15.9 Å². The van der Waals surface area contributed by atoms with E-state index in [2.05, 4.69) is 9.97 Å². The molecule has 1 amide bonds. The zero-order valence-electron chi connectivity index (χ0n) is 12.9. The maximum absolute atomic E-state index is 12.6. The molecule has 9 heteroatoms. The van der Waals surface area contributed by atoms with Gasteiger partial charge in [-0.1, -0.05) is 17.8 Å². The van der Waals surface area contributed by atoms with Gasteiger partial charge in [-0.05, 0) is 19.4 Å². The number of nitrogen functional groups attached to an aromatic ring is 1. The molecule has 24 heavy (non-hydrogen) atoms. The van der Waals surface area contributed by atoms with Gasteiger partial charge in [-0.2, -0.15) is 0 Å². The fourth-order valence-corrected chi connectivity index (χ4v) is 3.60. The fraction of sp³-hybridized carbons (Fsp3) is 0.267. The number of nitro groups is 1. The van der Waals surface area contributed by atoms with Crippen molar-refractivity contribution in [3.63, 3.8) is 0 Å². The van der Waals surface area contributed by atoms with E-state index in [1.165, 1.54) is 23.9 Å². The number of anilines is 2. The molecule has 0 aliphatic carbocycles. The van der Waals surface area contributed by atoms with E-state index in [-0.39, 0.29) is 16.8 Å². The summed E-state index contributed by atoms with van der Waals surface area (Å²) in [7, 11) is 0. The average Bonchev–Trinajstić information content (AvgIpc) is 2.87. The topological polar surface area (TPSA) is 115 Å². The van der Waals surface area contributed by atoms with Gasteiger partial charge in [-0.25, -0.2) is 9.97 Å². The Morgan fingerprint density at radius 3 is 2.88 bits per heavy atom. The number of aromatic nitrogens is 2. The van der Waals surface area contributed by atoms with E-state index >= 15 is 0 Å². The van der Waals surface area contributed by atoms with E-state index in [0.717, 1.165) is 5.69 Å². The van der Waals surface area contributed by atoms with E-state index in [4.69, 9.17) is 5.73 Å². The van der Waals surface area contributed by atoms with Gasteiger partial charge < -0.3 is 10.6 Å². The number of carbonyl (C=O) groups is 1. The second-order valence-corrected chi connectivity index (χ2v) is 6.55. The molecule has 1 aromatic carbocycles. The van der Waals surface area contributed by atoms with Crippen molar-refractivity contribution in [1.29, 1.82) is 0 Å². The molecule has 124 valence electrons. The lowest BCUT2D eigenvalue weighted by Gasteiger charge is -2.16. The number of amides is 1. The molecule has 0 saturated carbocycles. The van der Waals surface area contributed by atoms with E-state index < -0.39 is 4.92 Å². The molecule has 0 radical (unpaired) electrons. The number of thioether (sulfide) groups is 1. The molecule has 2 aromatic rings. The third-order valence-electron chi connectivity index (χ3n) is 3.61. The van der Waals surface area contributed by atoms with Crippen LogP contribution in [0.15, 0.2) is 35.5 Å². The van der Waals surface area contributed by atoms with Gasteiger partial charge in [-0.15, -0.1) is 0 Å². The molecule has 3 rings (SSSR count). The number of rotatable bonds is 4. The number of non-ortho nitro benzene ring substituents is 1. The van der Waals surface area contributed by atoms with Gasteiger partial charge in [0, 0.05) is 30.4 Å². The Morgan fingerprint density at radius 1 is 1.38 bits per heavy atom. The SMILES string of the molecule is Cc1cc(N)nc(S[C@H]2CCN(c3cccc([N+](=O)[O-])c3)C2=O)n1. The lowest BCUT2D eigenvalue weighted by atomic mass is 10.2. The molecular weight excluding hydrogens is 330 g/mol. The van der Waals surface area contributed by atoms with Crippen molar-refractivity contribution < 1.29 is 9.72 Å². The summed E-state index contributed by atoms with van der Waals surface area (Å²) in [6.45, 7) is 2.31. The molecule has 0 unspecified atom stereocenters. The van der Waals surface area contributed by atoms with Crippen LogP contribution >= 0.6 is 11.8 Å². The maximum Gasteiger partial charge on any atom is 0.271 e. The number of nitrogens with two attached hydrogens (primary N) is 1. The summed E-state index contributed by atoms with van der Waals surface area (Å²) in [6.07, 6.45) is 0.614. The zero-order chi connectivity index (χ0) is 17.3. The van der Waals surface area contributed by atoms with Crippen LogP contribution < -0.4 is 10.6 Å². The van der Waals surface area contributed by atoms with Crippen molar-refractivity contribution in [2.45, 2.75) is 23.8 Å². The van der Waals surface area contributed by atoms with Gasteiger partial charge in [0.25, 0.3) is 5.69 Å². The maximum atomic E-state index is 12.6. The van der Waals surface area contributed by atoms with Crippen LogP contribution in [0.1, 0.15) is 12.1 Å². The van der Waals surface area contributed by atoms with Gasteiger partial charge in [0.15, 0.2) is 5.16 Å². The molecule has 2 heterocycles. The minimum Gasteiger partial charge on any atom is -0.384 e. The number of hydrogen-bond donors (Lipinski definition) is 1. The Hall–Kier alpha value is -2.68. The Bertz CT molecular complexity index is 793. The van der Waals surface area contributed by atoms with Gasteiger partial charge in [0.2, 0.25) is 5.91 Å². The molecule has 1 aliphatic heterocycles. The monoisotopic (exact) mass is 345 g/mol. The van der Waals surface area contributed by atoms with Crippen molar-refractivity contribution in [2.75, 3.05) is 17.2 Å². The number of benzene rings is 1. The predicted molar refractivity (Wildman–Crippen MR) is 90.9 cm³/mol. The summed E-state index contributed by atoms with van der Waals surface area (Å²) >= 11 is 1.27. The lowest BCUT2D eigenvalue weighted by molar-refractivity contribution is -0.384. The van der Waals surface area contributed by atoms with Gasteiger partial charge in [-0.3, -0.25) is 14.9 Å². The van der Waals surface area contributed by atoms with Crippen LogP contribution in [0.4, 0.5) is 17.2 Å². The standard InChI is InChI=1S/C15H15N5O3S/c1-9-7-13(16)18-15(17-9)24-12-5-6-19(14(12)21)10-3-2-4-11(8-10)20(22)23/h2-4,7-8,12H,5-6H2,1H3,(H2,16,17,18)/t12-/m0/s1. The van der Waals surface area contributed by atoms with Crippen molar-refractivity contribution in [2.24, 2.45) is 0 Å². The van der Waals surface area contributed by atoms with Crippen LogP contribution in [0, 0.1) is 17.0 Å². The third kappa shape index (κ3) is 3.30. The van der Waals surface area contributed by atoms with Crippen LogP contribution in [0.3, 0.4) is 0 Å². The molecule has 0 bridgehead atoms. The fourth-order valence-electron chi connectivity index (χ4n) is 2.54. The summed E-state index contributed by atoms with van der Waals surface area (Å²) in [4.78, 5) is 33.0. The van der Waals surface area contributed by atoms with E-state index in [9.17, 15) is 14.9 Å². The van der Waals surface area contributed by atoms with E-state index in [1.807, 2.05) is 6.92 Å². The molecular formula is C15H15N5O3S. The van der Waals surface area contributed by atoms with Crippen molar-refractivity contribution in [3.05, 3.63) is 46.1 Å². The highest BCUT2D eigenvalue weighted by molar-refractivity contribution is 8.00. The molecule has 1 saturated heterocycles. The molecule has 1 aromatic heterocycles. The van der Waals surface area contributed by atoms with Crippen molar-refractivity contribution in [3.8, 4) is 0 Å². The minimum absolute atomic E-state index is 0.0359. The van der Waals surface area contributed by atoms with Crippen LogP contribution in [0.5, 0.6) is 0 Å². The molecule has 2 N–H and O–H groups in total. The first kappa shape index (κ1) is 16.2. The van der Waals surface area contributed by atoms with Gasteiger partial charge in [0.1, 0.15) is 5.82 Å². The first-order chi connectivity index (χ1) is 11.4. The Morgan fingerprint density at radius 2 is 2.17 bits per heavy atom. The zero-order valence-corrected chi connectivity index (χ0v) is 13.7. The van der Waals surface area contributed by atoms with Gasteiger partial charge >= 0.3 is 0 Å². The number of hydrogen-bond acceptors (Lipinski definition) is 7. The predicted octanol–water partition coefficient (Wildman–Crippen LogP) is 2.17. The molecule has 1 fully saturated rings. The summed E-state index contributed by atoms with van der Waals surface area (Å²) in [5.41, 5.74) is 6.94. The third-order valence-corrected chi connectivity index (χ3v) is 4.73. The average molecular weight is 345 g/mol. The highest BCUT2D eigenvalue weighted by Gasteiger charge is 2.34. The molecule has 1 aliphatic rings. The smallest absolute Gasteiger partial charge is 0.271 e. The molecule has 0 spiro atoms. The summed E-state index contributed by atoms with van der Waals surface area (Å²) in [5.74, 6) is 0.259. The summed E-state index contributed by atoms with van der Waals surface area (Å²) in [6, 6.07) is 7.74. The first-order valence-electron chi connectivity index (χ1n) is 7.27.